The molecule has 1 aromatic carbocycles. The van der Waals surface area contributed by atoms with Gasteiger partial charge in [-0.05, 0) is 26.0 Å². The van der Waals surface area contributed by atoms with E-state index < -0.39 is 0 Å². The maximum absolute atomic E-state index is 6.13. The second-order valence-electron chi connectivity index (χ2n) is 4.41. The smallest absolute Gasteiger partial charge is 0.146 e. The minimum atomic E-state index is 0.278. The van der Waals surface area contributed by atoms with Crippen molar-refractivity contribution in [2.75, 3.05) is 12.4 Å². The van der Waals surface area contributed by atoms with Gasteiger partial charge in [-0.1, -0.05) is 11.6 Å². The molecule has 0 saturated carbocycles. The number of benzene rings is 1. The molecular weight excluding hydrogens is 264 g/mol. The molecule has 6 heteroatoms. The van der Waals surface area contributed by atoms with Crippen LogP contribution in [0.5, 0.6) is 5.75 Å². The quantitative estimate of drug-likeness (QED) is 0.914. The highest BCUT2D eigenvalue weighted by atomic mass is 35.5. The molecule has 0 fully saturated rings. The zero-order valence-electron chi connectivity index (χ0n) is 11.2. The lowest BCUT2D eigenvalue weighted by Crippen LogP contribution is -2.12. The summed E-state index contributed by atoms with van der Waals surface area (Å²) in [7, 11) is 1.63. The van der Waals surface area contributed by atoms with Crippen LogP contribution in [0.3, 0.4) is 0 Å². The first-order valence-electron chi connectivity index (χ1n) is 6.07. The van der Waals surface area contributed by atoms with Crippen LogP contribution in [0.1, 0.15) is 25.7 Å². The van der Waals surface area contributed by atoms with Gasteiger partial charge in [0.05, 0.1) is 24.4 Å². The van der Waals surface area contributed by atoms with Gasteiger partial charge in [0.1, 0.15) is 17.9 Å². The van der Waals surface area contributed by atoms with Gasteiger partial charge in [-0.2, -0.15) is 5.10 Å². The van der Waals surface area contributed by atoms with Gasteiger partial charge in [-0.15, -0.1) is 0 Å². The van der Waals surface area contributed by atoms with E-state index in [0.29, 0.717) is 11.6 Å². The van der Waals surface area contributed by atoms with Crippen molar-refractivity contribution >= 4 is 17.3 Å². The van der Waals surface area contributed by atoms with E-state index in [1.54, 1.807) is 19.5 Å². The summed E-state index contributed by atoms with van der Waals surface area (Å²) in [5, 5.41) is 8.09. The molecule has 0 amide bonds. The van der Waals surface area contributed by atoms with Crippen molar-refractivity contribution in [3.63, 3.8) is 0 Å². The molecule has 0 saturated heterocycles. The largest absolute Gasteiger partial charge is 0.497 e. The van der Waals surface area contributed by atoms with Gasteiger partial charge in [-0.25, -0.2) is 9.67 Å². The molecule has 0 atom stereocenters. The number of halogens is 1. The third-order valence-corrected chi connectivity index (χ3v) is 3.08. The monoisotopic (exact) mass is 280 g/mol. The Hall–Kier alpha value is -1.75. The summed E-state index contributed by atoms with van der Waals surface area (Å²) in [6.07, 6.45) is 1.56. The number of hydrogen-bond donors (Lipinski definition) is 1. The average molecular weight is 281 g/mol. The van der Waals surface area contributed by atoms with Crippen LogP contribution in [0.15, 0.2) is 24.5 Å². The summed E-state index contributed by atoms with van der Waals surface area (Å²) in [5.74, 6) is 1.63. The molecule has 19 heavy (non-hydrogen) atoms. The predicted octanol–water partition coefficient (Wildman–Crippen LogP) is 3.13. The van der Waals surface area contributed by atoms with Crippen LogP contribution >= 0.6 is 11.6 Å². The highest BCUT2D eigenvalue weighted by Crippen LogP contribution is 2.27. The molecule has 0 aliphatic rings. The van der Waals surface area contributed by atoms with Crippen molar-refractivity contribution in [3.05, 3.63) is 35.4 Å². The van der Waals surface area contributed by atoms with Crippen molar-refractivity contribution < 1.29 is 4.74 Å². The van der Waals surface area contributed by atoms with Crippen LogP contribution in [0.4, 0.5) is 5.69 Å². The number of rotatable bonds is 5. The van der Waals surface area contributed by atoms with Gasteiger partial charge in [0, 0.05) is 12.1 Å². The molecule has 2 aromatic rings. The van der Waals surface area contributed by atoms with E-state index in [4.69, 9.17) is 16.3 Å². The molecule has 1 aromatic heterocycles. The van der Waals surface area contributed by atoms with Gasteiger partial charge in [0.15, 0.2) is 0 Å². The molecule has 0 aliphatic heterocycles. The van der Waals surface area contributed by atoms with E-state index in [1.807, 2.05) is 16.8 Å². The van der Waals surface area contributed by atoms with Crippen LogP contribution in [-0.4, -0.2) is 21.9 Å². The Morgan fingerprint density at radius 1 is 1.42 bits per heavy atom. The predicted molar refractivity (Wildman–Crippen MR) is 75.7 cm³/mol. The molecular formula is C13H17ClN4O. The highest BCUT2D eigenvalue weighted by Gasteiger charge is 2.08. The Morgan fingerprint density at radius 2 is 2.21 bits per heavy atom. The molecule has 1 heterocycles. The molecule has 102 valence electrons. The zero-order valence-corrected chi connectivity index (χ0v) is 12.0. The number of aromatic nitrogens is 3. The summed E-state index contributed by atoms with van der Waals surface area (Å²) >= 11 is 6.13. The van der Waals surface area contributed by atoms with Crippen LogP contribution in [-0.2, 0) is 6.54 Å². The van der Waals surface area contributed by atoms with Gasteiger partial charge < -0.3 is 10.1 Å². The zero-order chi connectivity index (χ0) is 13.8. The maximum Gasteiger partial charge on any atom is 0.146 e. The molecule has 2 rings (SSSR count). The topological polar surface area (TPSA) is 52.0 Å². The lowest BCUT2D eigenvalue weighted by molar-refractivity contribution is 0.415. The van der Waals surface area contributed by atoms with Crippen LogP contribution in [0.2, 0.25) is 5.02 Å². The summed E-state index contributed by atoms with van der Waals surface area (Å²) in [5.41, 5.74) is 0.819. The second-order valence-corrected chi connectivity index (χ2v) is 4.82. The fourth-order valence-electron chi connectivity index (χ4n) is 1.77. The number of methoxy groups -OCH3 is 1. The standard InChI is InChI=1S/C13H17ClN4O/c1-9(2)18-13(16-8-17-18)7-15-12-6-10(19-3)4-5-11(12)14/h4-6,8-9,15H,7H2,1-3H3. The molecule has 0 aliphatic carbocycles. The minimum absolute atomic E-state index is 0.278. The summed E-state index contributed by atoms with van der Waals surface area (Å²) in [6, 6.07) is 5.76. The highest BCUT2D eigenvalue weighted by molar-refractivity contribution is 6.33. The Bertz CT molecular complexity index is 553. The van der Waals surface area contributed by atoms with Crippen LogP contribution in [0.25, 0.3) is 0 Å². The van der Waals surface area contributed by atoms with Gasteiger partial charge in [-0.3, -0.25) is 0 Å². The Labute approximate surface area is 117 Å². The number of nitrogens with zero attached hydrogens (tertiary/aromatic N) is 3. The fraction of sp³-hybridized carbons (Fsp3) is 0.385. The SMILES string of the molecule is COc1ccc(Cl)c(NCc2ncnn2C(C)C)c1. The molecule has 0 unspecified atom stereocenters. The third kappa shape index (κ3) is 3.17. The number of hydrogen-bond acceptors (Lipinski definition) is 4. The van der Waals surface area contributed by atoms with Crippen molar-refractivity contribution in [3.8, 4) is 5.75 Å². The summed E-state index contributed by atoms with van der Waals surface area (Å²) in [4.78, 5) is 4.24. The first-order chi connectivity index (χ1) is 9.11. The summed E-state index contributed by atoms with van der Waals surface area (Å²) < 4.78 is 7.05. The van der Waals surface area contributed by atoms with Gasteiger partial charge >= 0.3 is 0 Å². The minimum Gasteiger partial charge on any atom is -0.497 e. The van der Waals surface area contributed by atoms with Gasteiger partial charge in [0.2, 0.25) is 0 Å². The lowest BCUT2D eigenvalue weighted by atomic mass is 10.3. The number of nitrogens with one attached hydrogen (secondary N) is 1. The van der Waals surface area contributed by atoms with Crippen molar-refractivity contribution in [2.45, 2.75) is 26.4 Å². The molecule has 1 N–H and O–H groups in total. The number of ether oxygens (including phenoxy) is 1. The fourth-order valence-corrected chi connectivity index (χ4v) is 1.96. The maximum atomic E-state index is 6.13. The summed E-state index contributed by atoms with van der Waals surface area (Å²) in [6.45, 7) is 4.69. The molecule has 0 bridgehead atoms. The van der Waals surface area contributed by atoms with Crippen molar-refractivity contribution in [1.82, 2.24) is 14.8 Å². The Morgan fingerprint density at radius 3 is 2.89 bits per heavy atom. The Balaban J connectivity index is 2.12. The van der Waals surface area contributed by atoms with Crippen molar-refractivity contribution in [2.24, 2.45) is 0 Å². The first-order valence-corrected chi connectivity index (χ1v) is 6.45. The molecule has 0 spiro atoms. The first kappa shape index (κ1) is 13.7. The Kier molecular flexibility index (Phi) is 4.27. The van der Waals surface area contributed by atoms with E-state index in [2.05, 4.69) is 29.2 Å². The molecule has 5 nitrogen and oxygen atoms in total. The van der Waals surface area contributed by atoms with Crippen LogP contribution in [0, 0.1) is 0 Å². The lowest BCUT2D eigenvalue weighted by Gasteiger charge is -2.12. The van der Waals surface area contributed by atoms with E-state index >= 15 is 0 Å². The second kappa shape index (κ2) is 5.93. The third-order valence-electron chi connectivity index (χ3n) is 2.75. The molecule has 0 radical (unpaired) electrons. The number of anilines is 1. The normalized spacial score (nSPS) is 10.8. The van der Waals surface area contributed by atoms with Crippen LogP contribution < -0.4 is 10.1 Å². The van der Waals surface area contributed by atoms with Gasteiger partial charge in [0.25, 0.3) is 0 Å². The van der Waals surface area contributed by atoms with E-state index in [1.165, 1.54) is 0 Å². The van der Waals surface area contributed by atoms with E-state index in [9.17, 15) is 0 Å². The van der Waals surface area contributed by atoms with E-state index in [0.717, 1.165) is 17.3 Å². The van der Waals surface area contributed by atoms with Crippen molar-refractivity contribution in [1.29, 1.82) is 0 Å². The average Bonchev–Trinajstić information content (AvgIpc) is 2.86. The van der Waals surface area contributed by atoms with E-state index in [-0.39, 0.29) is 6.04 Å².